The fourth-order valence-corrected chi connectivity index (χ4v) is 0.978. The van der Waals surface area contributed by atoms with Crippen LogP contribution in [-0.2, 0) is 9.47 Å². The molecule has 68 valence electrons. The van der Waals surface area contributed by atoms with Gasteiger partial charge in [-0.05, 0) is 0 Å². The van der Waals surface area contributed by atoms with Crippen LogP contribution in [0.25, 0.3) is 0 Å². The zero-order valence-electron chi connectivity index (χ0n) is 7.20. The molecule has 1 rings (SSSR count). The normalized spacial score (nSPS) is 29.2. The Labute approximate surface area is 71.0 Å². The molecule has 0 aliphatic carbocycles. The van der Waals surface area contributed by atoms with E-state index >= 15 is 0 Å². The third kappa shape index (κ3) is 1.57. The molecule has 0 saturated carbocycles. The van der Waals surface area contributed by atoms with Crippen molar-refractivity contribution in [3.63, 3.8) is 0 Å². The van der Waals surface area contributed by atoms with Gasteiger partial charge in [0.25, 0.3) is 0 Å². The zero-order chi connectivity index (χ0) is 9.19. The lowest BCUT2D eigenvalue weighted by molar-refractivity contribution is 0.0558. The maximum Gasteiger partial charge on any atom is 0.232 e. The van der Waals surface area contributed by atoms with Crippen molar-refractivity contribution in [3.8, 4) is 0 Å². The standard InChI is InChI=1S/C7H13N3O2/c1-11-6-5(8)3-7(9,12-2)4-10-6/h4H,3,8-9H2,1-2H3. The van der Waals surface area contributed by atoms with Crippen LogP contribution in [-0.4, -0.2) is 26.2 Å². The Hall–Kier alpha value is -1.07. The Bertz CT molecular complexity index is 237. The molecule has 0 amide bonds. The predicted molar refractivity (Wildman–Crippen MR) is 45.3 cm³/mol. The number of hydrogen-bond acceptors (Lipinski definition) is 5. The summed E-state index contributed by atoms with van der Waals surface area (Å²) in [6, 6.07) is 0. The molecule has 5 heteroatoms. The Morgan fingerprint density at radius 3 is 2.67 bits per heavy atom. The van der Waals surface area contributed by atoms with Crippen LogP contribution in [0.3, 0.4) is 0 Å². The maximum absolute atomic E-state index is 5.72. The SMILES string of the molecule is COC1=C(N)CC(N)(OC)C=N1. The summed E-state index contributed by atoms with van der Waals surface area (Å²) in [5.41, 5.74) is 11.0. The molecule has 0 bridgehead atoms. The summed E-state index contributed by atoms with van der Waals surface area (Å²) in [6.07, 6.45) is 1.89. The highest BCUT2D eigenvalue weighted by Gasteiger charge is 2.28. The molecule has 1 unspecified atom stereocenters. The van der Waals surface area contributed by atoms with E-state index in [4.69, 9.17) is 20.9 Å². The summed E-state index contributed by atoms with van der Waals surface area (Å²) in [7, 11) is 3.02. The van der Waals surface area contributed by atoms with E-state index in [0.29, 0.717) is 18.0 Å². The van der Waals surface area contributed by atoms with E-state index in [1.807, 2.05) is 0 Å². The van der Waals surface area contributed by atoms with E-state index in [1.165, 1.54) is 20.4 Å². The van der Waals surface area contributed by atoms with E-state index in [2.05, 4.69) is 4.99 Å². The molecule has 1 aliphatic heterocycles. The summed E-state index contributed by atoms with van der Waals surface area (Å²) in [6.45, 7) is 0. The molecule has 0 radical (unpaired) electrons. The van der Waals surface area contributed by atoms with Crippen molar-refractivity contribution in [2.75, 3.05) is 14.2 Å². The second-order valence-corrected chi connectivity index (χ2v) is 2.63. The van der Waals surface area contributed by atoms with Crippen molar-refractivity contribution in [2.24, 2.45) is 16.5 Å². The van der Waals surface area contributed by atoms with Gasteiger partial charge in [0.1, 0.15) is 0 Å². The topological polar surface area (TPSA) is 82.9 Å². The van der Waals surface area contributed by atoms with Gasteiger partial charge in [-0.3, -0.25) is 5.73 Å². The summed E-state index contributed by atoms with van der Waals surface area (Å²) in [4.78, 5) is 3.91. The number of aliphatic imine (C=N–C) groups is 1. The zero-order valence-corrected chi connectivity index (χ0v) is 7.20. The second-order valence-electron chi connectivity index (χ2n) is 2.63. The molecule has 12 heavy (non-hydrogen) atoms. The highest BCUT2D eigenvalue weighted by molar-refractivity contribution is 5.71. The first-order valence-electron chi connectivity index (χ1n) is 3.53. The summed E-state index contributed by atoms with van der Waals surface area (Å²) in [5, 5.41) is 0. The smallest absolute Gasteiger partial charge is 0.232 e. The molecule has 1 heterocycles. The molecular formula is C7H13N3O2. The lowest BCUT2D eigenvalue weighted by Gasteiger charge is -2.26. The lowest BCUT2D eigenvalue weighted by atomic mass is 10.1. The molecule has 5 nitrogen and oxygen atoms in total. The molecule has 0 fully saturated rings. The average molecular weight is 171 g/mol. The van der Waals surface area contributed by atoms with E-state index in [1.54, 1.807) is 0 Å². The van der Waals surface area contributed by atoms with Gasteiger partial charge in [0.05, 0.1) is 19.0 Å². The van der Waals surface area contributed by atoms with Crippen LogP contribution < -0.4 is 11.5 Å². The molecule has 0 aromatic rings. The van der Waals surface area contributed by atoms with Crippen LogP contribution in [0.4, 0.5) is 0 Å². The summed E-state index contributed by atoms with van der Waals surface area (Å²) in [5.74, 6) is 0.410. The fourth-order valence-electron chi connectivity index (χ4n) is 0.978. The minimum absolute atomic E-state index is 0.399. The molecule has 1 atom stereocenters. The third-order valence-corrected chi connectivity index (χ3v) is 1.72. The van der Waals surface area contributed by atoms with Gasteiger partial charge in [-0.25, -0.2) is 4.99 Å². The Kier molecular flexibility index (Phi) is 2.35. The van der Waals surface area contributed by atoms with Gasteiger partial charge >= 0.3 is 0 Å². The fraction of sp³-hybridized carbons (Fsp3) is 0.571. The van der Waals surface area contributed by atoms with E-state index in [9.17, 15) is 0 Å². The van der Waals surface area contributed by atoms with Gasteiger partial charge in [-0.15, -0.1) is 0 Å². The van der Waals surface area contributed by atoms with Crippen molar-refractivity contribution in [2.45, 2.75) is 12.1 Å². The summed E-state index contributed by atoms with van der Waals surface area (Å²) >= 11 is 0. The van der Waals surface area contributed by atoms with E-state index in [-0.39, 0.29) is 0 Å². The van der Waals surface area contributed by atoms with Gasteiger partial charge in [0, 0.05) is 13.5 Å². The van der Waals surface area contributed by atoms with Crippen molar-refractivity contribution < 1.29 is 9.47 Å². The van der Waals surface area contributed by atoms with E-state index in [0.717, 1.165) is 0 Å². The van der Waals surface area contributed by atoms with Crippen LogP contribution in [0.15, 0.2) is 16.6 Å². The highest BCUT2D eigenvalue weighted by Crippen LogP contribution is 2.19. The highest BCUT2D eigenvalue weighted by atomic mass is 16.5. The average Bonchev–Trinajstić information content (AvgIpc) is 2.05. The number of hydrogen-bond donors (Lipinski definition) is 2. The molecule has 0 aromatic carbocycles. The molecule has 0 saturated heterocycles. The first-order valence-corrected chi connectivity index (χ1v) is 3.53. The van der Waals surface area contributed by atoms with Crippen molar-refractivity contribution in [1.82, 2.24) is 0 Å². The van der Waals surface area contributed by atoms with Crippen LogP contribution >= 0.6 is 0 Å². The Morgan fingerprint density at radius 2 is 2.25 bits per heavy atom. The van der Waals surface area contributed by atoms with Gasteiger partial charge < -0.3 is 15.2 Å². The first kappa shape index (κ1) is 9.02. The minimum atomic E-state index is -0.883. The van der Waals surface area contributed by atoms with Gasteiger partial charge in [-0.1, -0.05) is 0 Å². The van der Waals surface area contributed by atoms with Crippen LogP contribution in [0.1, 0.15) is 6.42 Å². The number of rotatable bonds is 2. The van der Waals surface area contributed by atoms with Crippen molar-refractivity contribution in [1.29, 1.82) is 0 Å². The van der Waals surface area contributed by atoms with E-state index < -0.39 is 5.72 Å². The molecule has 0 aromatic heterocycles. The molecule has 0 spiro atoms. The van der Waals surface area contributed by atoms with Gasteiger partial charge in [-0.2, -0.15) is 0 Å². The van der Waals surface area contributed by atoms with Crippen LogP contribution in [0.5, 0.6) is 0 Å². The van der Waals surface area contributed by atoms with Crippen molar-refractivity contribution in [3.05, 3.63) is 11.6 Å². The number of methoxy groups -OCH3 is 2. The Balaban J connectivity index is 2.81. The van der Waals surface area contributed by atoms with Crippen molar-refractivity contribution >= 4 is 6.21 Å². The predicted octanol–water partition coefficient (Wildman–Crippen LogP) is -0.463. The second kappa shape index (κ2) is 3.12. The number of nitrogens with zero attached hydrogens (tertiary/aromatic N) is 1. The molecule has 4 N–H and O–H groups in total. The van der Waals surface area contributed by atoms with Crippen LogP contribution in [0, 0.1) is 0 Å². The summed E-state index contributed by atoms with van der Waals surface area (Å²) < 4.78 is 9.89. The van der Waals surface area contributed by atoms with Gasteiger partial charge in [0.2, 0.25) is 5.88 Å². The lowest BCUT2D eigenvalue weighted by Crippen LogP contribution is -2.46. The third-order valence-electron chi connectivity index (χ3n) is 1.72. The largest absolute Gasteiger partial charge is 0.480 e. The molecule has 1 aliphatic rings. The monoisotopic (exact) mass is 171 g/mol. The first-order chi connectivity index (χ1) is 5.61. The number of ether oxygens (including phenoxy) is 2. The molecular weight excluding hydrogens is 158 g/mol. The van der Waals surface area contributed by atoms with Crippen LogP contribution in [0.2, 0.25) is 0 Å². The number of nitrogens with two attached hydrogens (primary N) is 2. The maximum atomic E-state index is 5.72. The Morgan fingerprint density at radius 1 is 1.58 bits per heavy atom. The van der Waals surface area contributed by atoms with Gasteiger partial charge in [0.15, 0.2) is 5.72 Å². The minimum Gasteiger partial charge on any atom is -0.480 e. The quantitative estimate of drug-likeness (QED) is 0.550.